The molecule has 0 aliphatic carbocycles. The molecule has 0 unspecified atom stereocenters. The van der Waals surface area contributed by atoms with E-state index in [0.29, 0.717) is 17.4 Å². The Labute approximate surface area is 78.9 Å². The normalized spacial score (nSPS) is 10.2. The highest BCUT2D eigenvalue weighted by Gasteiger charge is 2.08. The van der Waals surface area contributed by atoms with Crippen molar-refractivity contribution in [2.75, 3.05) is 0 Å². The lowest BCUT2D eigenvalue weighted by atomic mass is 9.84. The zero-order valence-electron chi connectivity index (χ0n) is 6.70. The first-order chi connectivity index (χ1) is 5.57. The van der Waals surface area contributed by atoms with E-state index in [1.165, 1.54) is 6.07 Å². The molecule has 58 valence electrons. The fourth-order valence-corrected chi connectivity index (χ4v) is 1.13. The lowest BCUT2D eigenvalue weighted by Gasteiger charge is -2.08. The Hall–Kier alpha value is -0.430. The summed E-state index contributed by atoms with van der Waals surface area (Å²) in [4.78, 5) is 0. The van der Waals surface area contributed by atoms with Crippen molar-refractivity contribution in [3.8, 4) is 0 Å². The maximum absolute atomic E-state index is 13.2. The largest absolute Gasteiger partial charge is 0.207 e. The molecule has 0 heterocycles. The molecule has 0 aromatic heterocycles. The molecule has 12 heavy (non-hydrogen) atoms. The summed E-state index contributed by atoms with van der Waals surface area (Å²) in [6.07, 6.45) is 0.553. The van der Waals surface area contributed by atoms with Crippen molar-refractivity contribution >= 4 is 38.2 Å². The molecule has 0 saturated heterocycles. The molecular weight excluding hydrogens is 172 g/mol. The molecule has 0 atom stereocenters. The van der Waals surface area contributed by atoms with Crippen LogP contribution in [0, 0.1) is 5.82 Å². The van der Waals surface area contributed by atoms with Gasteiger partial charge in [-0.05, 0) is 17.4 Å². The highest BCUT2D eigenvalue weighted by molar-refractivity contribution is 6.52. The minimum Gasteiger partial charge on any atom is -0.207 e. The van der Waals surface area contributed by atoms with Crippen LogP contribution in [0.1, 0.15) is 12.5 Å². The third-order valence-electron chi connectivity index (χ3n) is 1.72. The van der Waals surface area contributed by atoms with Gasteiger partial charge >= 0.3 is 0 Å². The summed E-state index contributed by atoms with van der Waals surface area (Å²) < 4.78 is 13.2. The quantitative estimate of drug-likeness (QED) is 0.553. The van der Waals surface area contributed by atoms with Crippen molar-refractivity contribution in [3.05, 3.63) is 22.5 Å². The Morgan fingerprint density at radius 1 is 1.50 bits per heavy atom. The van der Waals surface area contributed by atoms with Crippen LogP contribution < -0.4 is 10.9 Å². The third kappa shape index (κ3) is 1.51. The summed E-state index contributed by atoms with van der Waals surface area (Å²) in [7, 11) is 10.9. The molecule has 0 fully saturated rings. The van der Waals surface area contributed by atoms with E-state index in [1.807, 2.05) is 6.92 Å². The monoisotopic (exact) mass is 178 g/mol. The van der Waals surface area contributed by atoms with Crippen LogP contribution in [-0.2, 0) is 6.42 Å². The highest BCUT2D eigenvalue weighted by atomic mass is 35.5. The van der Waals surface area contributed by atoms with Crippen molar-refractivity contribution in [2.45, 2.75) is 13.3 Å². The summed E-state index contributed by atoms with van der Waals surface area (Å²) in [5.41, 5.74) is 0.760. The number of aryl methyl sites for hydroxylation is 1. The number of hydrogen-bond donors (Lipinski definition) is 0. The van der Waals surface area contributed by atoms with E-state index in [-0.39, 0.29) is 10.5 Å². The molecule has 0 saturated carbocycles. The van der Waals surface area contributed by atoms with Gasteiger partial charge in [0.25, 0.3) is 0 Å². The van der Waals surface area contributed by atoms with Gasteiger partial charge in [-0.15, -0.1) is 0 Å². The molecular formula is C8H6B2ClF. The predicted octanol–water partition coefficient (Wildman–Crippen LogP) is 0.629. The highest BCUT2D eigenvalue weighted by Crippen LogP contribution is 2.09. The Kier molecular flexibility index (Phi) is 2.84. The smallest absolute Gasteiger partial charge is 0.120 e. The molecule has 1 aromatic rings. The lowest BCUT2D eigenvalue weighted by Crippen LogP contribution is -2.22. The van der Waals surface area contributed by atoms with Crippen LogP contribution in [0.15, 0.2) is 6.07 Å². The predicted molar refractivity (Wildman–Crippen MR) is 51.6 cm³/mol. The Morgan fingerprint density at radius 3 is 2.58 bits per heavy atom. The molecule has 4 heteroatoms. The molecule has 0 bridgehead atoms. The van der Waals surface area contributed by atoms with E-state index in [1.54, 1.807) is 0 Å². The first-order valence-electron chi connectivity index (χ1n) is 3.59. The van der Waals surface area contributed by atoms with E-state index < -0.39 is 5.82 Å². The number of halogens is 2. The molecule has 0 N–H and O–H groups in total. The van der Waals surface area contributed by atoms with Crippen molar-refractivity contribution in [1.29, 1.82) is 0 Å². The van der Waals surface area contributed by atoms with Crippen LogP contribution >= 0.6 is 11.6 Å². The van der Waals surface area contributed by atoms with Crippen LogP contribution in [0.25, 0.3) is 0 Å². The van der Waals surface area contributed by atoms with E-state index in [0.717, 1.165) is 0 Å². The van der Waals surface area contributed by atoms with Gasteiger partial charge in [-0.1, -0.05) is 30.1 Å². The molecule has 1 rings (SSSR count). The second kappa shape index (κ2) is 3.53. The van der Waals surface area contributed by atoms with Crippen LogP contribution in [0.5, 0.6) is 0 Å². The van der Waals surface area contributed by atoms with Crippen LogP contribution in [0.2, 0.25) is 5.02 Å². The number of rotatable bonds is 1. The number of hydrogen-bond acceptors (Lipinski definition) is 0. The Balaban J connectivity index is 3.39. The van der Waals surface area contributed by atoms with Gasteiger partial charge in [0, 0.05) is 5.02 Å². The minimum absolute atomic E-state index is 0.0616. The van der Waals surface area contributed by atoms with Gasteiger partial charge < -0.3 is 0 Å². The maximum Gasteiger partial charge on any atom is 0.120 e. The first kappa shape index (κ1) is 9.66. The summed E-state index contributed by atoms with van der Waals surface area (Å²) in [5.74, 6) is -0.461. The van der Waals surface area contributed by atoms with Gasteiger partial charge in [0.05, 0.1) is 0 Å². The van der Waals surface area contributed by atoms with E-state index in [9.17, 15) is 4.39 Å². The second-order valence-corrected chi connectivity index (χ2v) is 2.90. The van der Waals surface area contributed by atoms with Gasteiger partial charge in [0.15, 0.2) is 0 Å². The van der Waals surface area contributed by atoms with Crippen molar-refractivity contribution in [3.63, 3.8) is 0 Å². The van der Waals surface area contributed by atoms with Gasteiger partial charge in [-0.2, -0.15) is 0 Å². The van der Waals surface area contributed by atoms with Gasteiger partial charge in [-0.3, -0.25) is 0 Å². The molecule has 1 aromatic carbocycles. The summed E-state index contributed by atoms with van der Waals surface area (Å²) in [5, 5.41) is 0.102. The Bertz CT molecular complexity index is 312. The molecule has 0 amide bonds. The fraction of sp³-hybridized carbons (Fsp3) is 0.250. The van der Waals surface area contributed by atoms with Crippen LogP contribution in [-0.4, -0.2) is 15.7 Å². The molecule has 0 spiro atoms. The van der Waals surface area contributed by atoms with E-state index >= 15 is 0 Å². The maximum atomic E-state index is 13.2. The van der Waals surface area contributed by atoms with Crippen LogP contribution in [0.3, 0.4) is 0 Å². The molecule has 0 aliphatic rings. The average molecular weight is 178 g/mol. The number of benzene rings is 1. The fourth-order valence-electron chi connectivity index (χ4n) is 0.997. The van der Waals surface area contributed by atoms with E-state index in [4.69, 9.17) is 27.3 Å². The zero-order chi connectivity index (χ0) is 9.30. The van der Waals surface area contributed by atoms with Crippen molar-refractivity contribution in [2.24, 2.45) is 0 Å². The first-order valence-corrected chi connectivity index (χ1v) is 3.97. The van der Waals surface area contributed by atoms with Crippen LogP contribution in [0.4, 0.5) is 4.39 Å². The standard InChI is InChI=1S/C8H6B2ClF/c1-2-4-3-5(9)7(11)6(10)8(4)12/h3H,2H2,1H3. The minimum atomic E-state index is -0.461. The molecule has 4 radical (unpaired) electrons. The lowest BCUT2D eigenvalue weighted by molar-refractivity contribution is 0.621. The Morgan fingerprint density at radius 2 is 2.08 bits per heavy atom. The van der Waals surface area contributed by atoms with Gasteiger partial charge in [0.2, 0.25) is 0 Å². The zero-order valence-corrected chi connectivity index (χ0v) is 7.45. The van der Waals surface area contributed by atoms with E-state index in [2.05, 4.69) is 0 Å². The summed E-state index contributed by atoms with van der Waals surface area (Å²) in [6, 6.07) is 1.51. The molecule has 0 aliphatic heterocycles. The average Bonchev–Trinajstić information content (AvgIpc) is 2.08. The van der Waals surface area contributed by atoms with Crippen molar-refractivity contribution < 1.29 is 4.39 Å². The summed E-state index contributed by atoms with van der Waals surface area (Å²) in [6.45, 7) is 1.82. The van der Waals surface area contributed by atoms with Crippen molar-refractivity contribution in [1.82, 2.24) is 0 Å². The summed E-state index contributed by atoms with van der Waals surface area (Å²) >= 11 is 5.62. The van der Waals surface area contributed by atoms with Gasteiger partial charge in [0.1, 0.15) is 21.5 Å². The second-order valence-electron chi connectivity index (χ2n) is 2.52. The molecule has 0 nitrogen and oxygen atoms in total. The topological polar surface area (TPSA) is 0 Å². The van der Waals surface area contributed by atoms with Gasteiger partial charge in [-0.25, -0.2) is 4.39 Å². The third-order valence-corrected chi connectivity index (χ3v) is 2.14. The SMILES string of the molecule is [B]c1cc(CC)c(F)c([B])c1Cl.